The van der Waals surface area contributed by atoms with Gasteiger partial charge < -0.3 is 15.4 Å². The van der Waals surface area contributed by atoms with Gasteiger partial charge >= 0.3 is 0 Å². The lowest BCUT2D eigenvalue weighted by Crippen LogP contribution is -2.25. The highest BCUT2D eigenvalue weighted by atomic mass is 32.2. The second-order valence-corrected chi connectivity index (χ2v) is 6.20. The van der Waals surface area contributed by atoms with Crippen molar-refractivity contribution in [2.75, 3.05) is 23.8 Å². The average Bonchev–Trinajstić information content (AvgIpc) is 2.71. The van der Waals surface area contributed by atoms with Crippen LogP contribution in [0.5, 0.6) is 5.75 Å². The van der Waals surface area contributed by atoms with Crippen LogP contribution in [0, 0.1) is 5.82 Å². The standard InChI is InChI=1S/C18H17F2N3O4S/c1-23(28-20)17-11(3-4-12(9-24)16(17)22-10-25)8-21-18(26)14-7-13(19)5-6-15(14)27-2/h3-7,9-10H,8H2,1-2H3,(H,21,26)(H,22,25). The van der Waals surface area contributed by atoms with E-state index in [2.05, 4.69) is 10.6 Å². The summed E-state index contributed by atoms with van der Waals surface area (Å²) in [6.07, 6.45) is 0.884. The van der Waals surface area contributed by atoms with Crippen LogP contribution >= 0.6 is 12.3 Å². The van der Waals surface area contributed by atoms with Crippen LogP contribution in [0.3, 0.4) is 0 Å². The normalized spacial score (nSPS) is 10.1. The van der Waals surface area contributed by atoms with E-state index in [0.717, 1.165) is 16.4 Å². The fourth-order valence-corrected chi connectivity index (χ4v) is 2.90. The second kappa shape index (κ2) is 9.70. The van der Waals surface area contributed by atoms with Crippen LogP contribution in [-0.2, 0) is 11.3 Å². The number of hydrogen-bond donors (Lipinski definition) is 2. The van der Waals surface area contributed by atoms with E-state index in [0.29, 0.717) is 18.3 Å². The summed E-state index contributed by atoms with van der Waals surface area (Å²) in [5, 5.41) is 4.98. The summed E-state index contributed by atoms with van der Waals surface area (Å²) in [4.78, 5) is 34.6. The van der Waals surface area contributed by atoms with Gasteiger partial charge in [-0.1, -0.05) is 6.07 Å². The number of benzene rings is 2. The summed E-state index contributed by atoms with van der Waals surface area (Å²) in [7, 11) is 2.75. The van der Waals surface area contributed by atoms with Crippen LogP contribution in [0.25, 0.3) is 0 Å². The summed E-state index contributed by atoms with van der Waals surface area (Å²) in [5.74, 6) is -1.02. The number of methoxy groups -OCH3 is 1. The van der Waals surface area contributed by atoms with Crippen LogP contribution in [0.1, 0.15) is 26.3 Å². The maximum atomic E-state index is 13.5. The number of ether oxygens (including phenoxy) is 1. The maximum Gasteiger partial charge on any atom is 0.255 e. The van der Waals surface area contributed by atoms with Gasteiger partial charge in [-0.3, -0.25) is 18.7 Å². The molecule has 0 fully saturated rings. The Bertz CT molecular complexity index is 895. The number of nitrogens with zero attached hydrogens (tertiary/aromatic N) is 1. The van der Waals surface area contributed by atoms with Gasteiger partial charge in [-0.05, 0) is 29.8 Å². The molecule has 2 amide bonds. The molecule has 7 nitrogen and oxygen atoms in total. The summed E-state index contributed by atoms with van der Waals surface area (Å²) in [5.41, 5.74) is 0.868. The SMILES string of the molecule is COc1ccc(F)cc1C(=O)NCc1ccc(C=O)c(NC=O)c1N(C)SF. The first kappa shape index (κ1) is 21.2. The monoisotopic (exact) mass is 409 g/mol. The van der Waals surface area contributed by atoms with Crippen LogP contribution < -0.4 is 19.7 Å². The molecule has 0 unspecified atom stereocenters. The molecule has 0 aliphatic carbocycles. The maximum absolute atomic E-state index is 13.5. The van der Waals surface area contributed by atoms with Gasteiger partial charge in [0.1, 0.15) is 11.6 Å². The molecule has 10 heteroatoms. The number of rotatable bonds is 9. The Morgan fingerprint density at radius 2 is 2.04 bits per heavy atom. The average molecular weight is 409 g/mol. The number of carbonyl (C=O) groups excluding carboxylic acids is 3. The summed E-state index contributed by atoms with van der Waals surface area (Å²) in [6.45, 7) is -0.0780. The molecule has 0 radical (unpaired) electrons. The molecule has 0 spiro atoms. The summed E-state index contributed by atoms with van der Waals surface area (Å²) >= 11 is -0.131. The molecule has 0 saturated heterocycles. The molecule has 2 aromatic carbocycles. The lowest BCUT2D eigenvalue weighted by Gasteiger charge is -2.22. The molecule has 0 bridgehead atoms. The van der Waals surface area contributed by atoms with Crippen LogP contribution in [0.4, 0.5) is 19.7 Å². The smallest absolute Gasteiger partial charge is 0.255 e. The van der Waals surface area contributed by atoms with Crippen molar-refractivity contribution in [3.05, 3.63) is 52.8 Å². The summed E-state index contributed by atoms with van der Waals surface area (Å²) in [6, 6.07) is 6.48. The van der Waals surface area contributed by atoms with Crippen LogP contribution in [-0.4, -0.2) is 32.8 Å². The van der Waals surface area contributed by atoms with Crippen LogP contribution in [0.15, 0.2) is 30.3 Å². The highest BCUT2D eigenvalue weighted by Gasteiger charge is 2.19. The predicted octanol–water partition coefficient (Wildman–Crippen LogP) is 3.11. The fraction of sp³-hybridized carbons (Fsp3) is 0.167. The van der Waals surface area contributed by atoms with Crippen molar-refractivity contribution in [2.24, 2.45) is 0 Å². The van der Waals surface area contributed by atoms with E-state index in [4.69, 9.17) is 4.74 Å². The number of hydrogen-bond acceptors (Lipinski definition) is 6. The van der Waals surface area contributed by atoms with Gasteiger partial charge in [-0.2, -0.15) is 0 Å². The van der Waals surface area contributed by atoms with Crippen molar-refractivity contribution >= 4 is 42.3 Å². The topological polar surface area (TPSA) is 87.7 Å². The molecule has 0 saturated carbocycles. The van der Waals surface area contributed by atoms with Gasteiger partial charge in [-0.25, -0.2) is 4.39 Å². The van der Waals surface area contributed by atoms with Crippen molar-refractivity contribution in [2.45, 2.75) is 6.54 Å². The molecule has 148 valence electrons. The van der Waals surface area contributed by atoms with Crippen molar-refractivity contribution in [1.29, 1.82) is 0 Å². The predicted molar refractivity (Wildman–Crippen MR) is 103 cm³/mol. The van der Waals surface area contributed by atoms with Crippen molar-refractivity contribution in [3.8, 4) is 5.75 Å². The number of anilines is 2. The van der Waals surface area contributed by atoms with E-state index in [1.165, 1.54) is 32.4 Å². The Hall–Kier alpha value is -3.14. The number of halogens is 2. The molecule has 0 aliphatic heterocycles. The zero-order valence-electron chi connectivity index (χ0n) is 15.0. The number of nitrogens with one attached hydrogen (secondary N) is 2. The van der Waals surface area contributed by atoms with Crippen molar-refractivity contribution in [1.82, 2.24) is 5.32 Å². The second-order valence-electron chi connectivity index (χ2n) is 5.51. The van der Waals surface area contributed by atoms with E-state index in [9.17, 15) is 22.7 Å². The minimum absolute atomic E-state index is 0.00646. The molecule has 2 N–H and O–H groups in total. The molecule has 0 aromatic heterocycles. The van der Waals surface area contributed by atoms with E-state index in [1.54, 1.807) is 0 Å². The molecule has 0 aliphatic rings. The molecule has 2 aromatic rings. The lowest BCUT2D eigenvalue weighted by atomic mass is 10.1. The lowest BCUT2D eigenvalue weighted by molar-refractivity contribution is -0.105. The largest absolute Gasteiger partial charge is 0.496 e. The van der Waals surface area contributed by atoms with E-state index in [-0.39, 0.29) is 47.1 Å². The Morgan fingerprint density at radius 3 is 2.64 bits per heavy atom. The molecular formula is C18H17F2N3O4S. The third-order valence-corrected chi connectivity index (χ3v) is 4.28. The minimum atomic E-state index is -0.609. The van der Waals surface area contributed by atoms with Crippen molar-refractivity contribution in [3.63, 3.8) is 0 Å². The molecule has 2 rings (SSSR count). The molecular weight excluding hydrogens is 392 g/mol. The first-order valence-corrected chi connectivity index (χ1v) is 8.59. The van der Waals surface area contributed by atoms with Gasteiger partial charge in [0, 0.05) is 19.2 Å². The zero-order chi connectivity index (χ0) is 20.7. The Balaban J connectivity index is 2.37. The van der Waals surface area contributed by atoms with E-state index in [1.807, 2.05) is 0 Å². The fourth-order valence-electron chi connectivity index (χ4n) is 2.62. The van der Waals surface area contributed by atoms with E-state index < -0.39 is 11.7 Å². The quantitative estimate of drug-likeness (QED) is 0.489. The molecule has 28 heavy (non-hydrogen) atoms. The first-order chi connectivity index (χ1) is 13.5. The zero-order valence-corrected chi connectivity index (χ0v) is 15.8. The number of amides is 2. The third-order valence-electron chi connectivity index (χ3n) is 3.89. The van der Waals surface area contributed by atoms with Gasteiger partial charge in [-0.15, -0.1) is 3.89 Å². The Labute approximate surface area is 164 Å². The van der Waals surface area contributed by atoms with Gasteiger partial charge in [0.15, 0.2) is 18.6 Å². The highest BCUT2D eigenvalue weighted by Crippen LogP contribution is 2.36. The van der Waals surface area contributed by atoms with Crippen LogP contribution in [0.2, 0.25) is 0 Å². The van der Waals surface area contributed by atoms with E-state index >= 15 is 0 Å². The van der Waals surface area contributed by atoms with Gasteiger partial charge in [0.2, 0.25) is 6.41 Å². The molecule has 0 heterocycles. The first-order valence-electron chi connectivity index (χ1n) is 7.92. The van der Waals surface area contributed by atoms with Gasteiger partial charge in [0.25, 0.3) is 5.91 Å². The third kappa shape index (κ3) is 4.58. The van der Waals surface area contributed by atoms with Gasteiger partial charge in [0.05, 0.1) is 24.0 Å². The minimum Gasteiger partial charge on any atom is -0.496 e. The molecule has 0 atom stereocenters. The Morgan fingerprint density at radius 1 is 1.29 bits per heavy atom. The Kier molecular flexibility index (Phi) is 7.33. The summed E-state index contributed by atoms with van der Waals surface area (Å²) < 4.78 is 32.8. The number of carbonyl (C=O) groups is 3. The highest BCUT2D eigenvalue weighted by molar-refractivity contribution is 7.95. The van der Waals surface area contributed by atoms with Crippen molar-refractivity contribution < 1.29 is 27.4 Å². The number of aldehydes is 1.